The molecule has 7 heteroatoms. The first-order valence-corrected chi connectivity index (χ1v) is 12.0. The maximum absolute atomic E-state index is 13.1. The molecule has 5 rings (SSSR count). The minimum atomic E-state index is -0.979. The van der Waals surface area contributed by atoms with Gasteiger partial charge in [0.1, 0.15) is 11.4 Å². The summed E-state index contributed by atoms with van der Waals surface area (Å²) < 4.78 is 11.2. The lowest BCUT2D eigenvalue weighted by Gasteiger charge is -2.66. The van der Waals surface area contributed by atoms with Crippen LogP contribution in [-0.4, -0.2) is 41.6 Å². The highest BCUT2D eigenvalue weighted by atomic mass is 16.6. The fourth-order valence-electron chi connectivity index (χ4n) is 9.11. The van der Waals surface area contributed by atoms with Crippen LogP contribution in [0.2, 0.25) is 0 Å². The lowest BCUT2D eigenvalue weighted by atomic mass is 9.37. The third-order valence-electron chi connectivity index (χ3n) is 10.7. The molecule has 0 aromatic carbocycles. The molecule has 5 fully saturated rings. The average Bonchev–Trinajstić information content (AvgIpc) is 3.27. The highest BCUT2D eigenvalue weighted by Gasteiger charge is 2.74. The Kier molecular flexibility index (Phi) is 4.64. The Labute approximate surface area is 188 Å². The van der Waals surface area contributed by atoms with Crippen LogP contribution in [0.25, 0.3) is 0 Å². The van der Waals surface area contributed by atoms with Crippen molar-refractivity contribution in [2.75, 3.05) is 7.11 Å². The van der Waals surface area contributed by atoms with E-state index in [1.165, 1.54) is 7.11 Å². The minimum absolute atomic E-state index is 0.0546. The van der Waals surface area contributed by atoms with E-state index in [2.05, 4.69) is 19.9 Å². The third kappa shape index (κ3) is 2.48. The summed E-state index contributed by atoms with van der Waals surface area (Å²) in [7, 11) is 1.36. The van der Waals surface area contributed by atoms with Crippen molar-refractivity contribution >= 4 is 17.7 Å². The van der Waals surface area contributed by atoms with Gasteiger partial charge in [-0.15, -0.1) is 0 Å². The Morgan fingerprint density at radius 2 is 1.91 bits per heavy atom. The molecule has 0 bridgehead atoms. The molecule has 9 atom stereocenters. The molecular weight excluding hydrogens is 410 g/mol. The lowest BCUT2D eigenvalue weighted by Crippen LogP contribution is -2.67. The molecule has 1 spiro atoms. The zero-order chi connectivity index (χ0) is 23.1. The van der Waals surface area contributed by atoms with Crippen LogP contribution in [0.1, 0.15) is 71.6 Å². The zero-order valence-corrected chi connectivity index (χ0v) is 19.2. The molecule has 1 N–H and O–H groups in total. The van der Waals surface area contributed by atoms with E-state index in [1.54, 1.807) is 0 Å². The fourth-order valence-corrected chi connectivity index (χ4v) is 9.11. The SMILES string of the molecule is COC(=O)[C@@H]1CC2(C#N)CC(=O)CCC2(C)C2C1C1CC[C@@]3(CCC(=O)O3)C1(C)C[C@H]2O. The van der Waals surface area contributed by atoms with Crippen molar-refractivity contribution in [3.63, 3.8) is 0 Å². The summed E-state index contributed by atoms with van der Waals surface area (Å²) in [5.74, 6) is -1.42. The second kappa shape index (κ2) is 6.79. The molecule has 1 saturated heterocycles. The van der Waals surface area contributed by atoms with Gasteiger partial charge >= 0.3 is 11.9 Å². The van der Waals surface area contributed by atoms with Crippen LogP contribution in [0, 0.1) is 51.2 Å². The van der Waals surface area contributed by atoms with Crippen molar-refractivity contribution in [2.24, 2.45) is 39.9 Å². The highest BCUT2D eigenvalue weighted by molar-refractivity contribution is 5.81. The molecule has 174 valence electrons. The average molecular weight is 444 g/mol. The molecule has 0 aromatic rings. The van der Waals surface area contributed by atoms with E-state index >= 15 is 0 Å². The molecule has 0 aromatic heterocycles. The van der Waals surface area contributed by atoms with E-state index in [-0.39, 0.29) is 48.3 Å². The van der Waals surface area contributed by atoms with Crippen LogP contribution in [0.5, 0.6) is 0 Å². The number of aliphatic hydroxyl groups excluding tert-OH is 1. The number of carbonyl (C=O) groups is 3. The molecule has 4 saturated carbocycles. The summed E-state index contributed by atoms with van der Waals surface area (Å²) in [5.41, 5.74) is -2.56. The normalized spacial score (nSPS) is 51.9. The number of carbonyl (C=O) groups excluding carboxylic acids is 3. The van der Waals surface area contributed by atoms with E-state index in [1.807, 2.05) is 0 Å². The monoisotopic (exact) mass is 443 g/mol. The molecule has 5 aliphatic rings. The van der Waals surface area contributed by atoms with Crippen molar-refractivity contribution in [1.82, 2.24) is 0 Å². The second-order valence-electron chi connectivity index (χ2n) is 11.6. The van der Waals surface area contributed by atoms with Gasteiger partial charge in [0.25, 0.3) is 0 Å². The van der Waals surface area contributed by atoms with Gasteiger partial charge in [-0.3, -0.25) is 14.4 Å². The summed E-state index contributed by atoms with van der Waals surface area (Å²) in [6, 6.07) is 2.47. The number of hydrogen-bond acceptors (Lipinski definition) is 7. The van der Waals surface area contributed by atoms with Crippen molar-refractivity contribution in [2.45, 2.75) is 83.3 Å². The number of nitrogens with zero attached hydrogens (tertiary/aromatic N) is 1. The van der Waals surface area contributed by atoms with Crippen molar-refractivity contribution in [1.29, 1.82) is 5.26 Å². The molecule has 0 amide bonds. The van der Waals surface area contributed by atoms with Crippen LogP contribution in [-0.2, 0) is 23.9 Å². The lowest BCUT2D eigenvalue weighted by molar-refractivity contribution is -0.228. The van der Waals surface area contributed by atoms with E-state index < -0.39 is 33.9 Å². The summed E-state index contributed by atoms with van der Waals surface area (Å²) in [4.78, 5) is 37.7. The smallest absolute Gasteiger partial charge is 0.309 e. The molecule has 1 heterocycles. The molecule has 0 radical (unpaired) electrons. The Morgan fingerprint density at radius 1 is 1.16 bits per heavy atom. The number of aliphatic hydroxyl groups is 1. The van der Waals surface area contributed by atoms with Crippen LogP contribution < -0.4 is 0 Å². The number of fused-ring (bicyclic) bond motifs is 6. The van der Waals surface area contributed by atoms with E-state index in [0.29, 0.717) is 32.1 Å². The Balaban J connectivity index is 1.64. The van der Waals surface area contributed by atoms with Gasteiger partial charge in [-0.1, -0.05) is 13.8 Å². The molecule has 4 aliphatic carbocycles. The molecule has 32 heavy (non-hydrogen) atoms. The first-order chi connectivity index (χ1) is 15.1. The number of rotatable bonds is 1. The summed E-state index contributed by atoms with van der Waals surface area (Å²) >= 11 is 0. The van der Waals surface area contributed by atoms with Gasteiger partial charge in [-0.25, -0.2) is 0 Å². The fraction of sp³-hybridized carbons (Fsp3) is 0.840. The van der Waals surface area contributed by atoms with Crippen molar-refractivity contribution < 1.29 is 29.0 Å². The van der Waals surface area contributed by atoms with Gasteiger partial charge in [-0.05, 0) is 61.7 Å². The van der Waals surface area contributed by atoms with Gasteiger partial charge in [0, 0.05) is 24.7 Å². The standard InChI is InChI=1S/C25H33NO6/c1-22-7-4-14(27)10-24(22,13-26)11-15(21(30)31-3)19-16-5-8-25(9-6-18(29)32-25)23(16,2)12-17(28)20(19)22/h15-17,19-20,28H,4-12H2,1-3H3/t15-,16?,17-,19?,20?,22?,23?,24?,25-/m1/s1. The van der Waals surface area contributed by atoms with E-state index in [4.69, 9.17) is 9.47 Å². The van der Waals surface area contributed by atoms with E-state index in [9.17, 15) is 24.8 Å². The number of methoxy groups -OCH3 is 1. The number of nitriles is 1. The van der Waals surface area contributed by atoms with Crippen LogP contribution in [0.4, 0.5) is 0 Å². The Bertz CT molecular complexity index is 926. The minimum Gasteiger partial charge on any atom is -0.469 e. The van der Waals surface area contributed by atoms with Crippen molar-refractivity contribution in [3.8, 4) is 6.07 Å². The summed E-state index contributed by atoms with van der Waals surface area (Å²) in [6.07, 6.45) is 3.71. The van der Waals surface area contributed by atoms with Gasteiger partial charge in [0.05, 0.1) is 30.6 Å². The molecule has 1 aliphatic heterocycles. The van der Waals surface area contributed by atoms with Crippen LogP contribution >= 0.6 is 0 Å². The van der Waals surface area contributed by atoms with Crippen LogP contribution in [0.15, 0.2) is 0 Å². The number of hydrogen-bond donors (Lipinski definition) is 1. The van der Waals surface area contributed by atoms with E-state index in [0.717, 1.165) is 12.8 Å². The highest BCUT2D eigenvalue weighted by Crippen LogP contribution is 2.73. The maximum atomic E-state index is 13.1. The van der Waals surface area contributed by atoms with Gasteiger partial charge in [-0.2, -0.15) is 5.26 Å². The Morgan fingerprint density at radius 3 is 2.53 bits per heavy atom. The number of Topliss-reactive ketones (excluding diaryl/α,β-unsaturated/α-hetero) is 1. The van der Waals surface area contributed by atoms with Gasteiger partial charge < -0.3 is 14.6 Å². The Hall–Kier alpha value is -1.94. The first kappa shape index (κ1) is 21.9. The first-order valence-electron chi connectivity index (χ1n) is 12.0. The van der Waals surface area contributed by atoms with Crippen LogP contribution in [0.3, 0.4) is 0 Å². The number of esters is 2. The maximum Gasteiger partial charge on any atom is 0.309 e. The zero-order valence-electron chi connectivity index (χ0n) is 19.2. The number of ether oxygens (including phenoxy) is 2. The third-order valence-corrected chi connectivity index (χ3v) is 10.7. The topological polar surface area (TPSA) is 114 Å². The predicted molar refractivity (Wildman–Crippen MR) is 112 cm³/mol. The molecule has 7 nitrogen and oxygen atoms in total. The molecule has 6 unspecified atom stereocenters. The second-order valence-corrected chi connectivity index (χ2v) is 11.6. The summed E-state index contributed by atoms with van der Waals surface area (Å²) in [5, 5.41) is 22.0. The number of ketones is 1. The van der Waals surface area contributed by atoms with Gasteiger partial charge in [0.15, 0.2) is 0 Å². The predicted octanol–water partition coefficient (Wildman–Crippen LogP) is 2.94. The molecular formula is C25H33NO6. The summed E-state index contributed by atoms with van der Waals surface area (Å²) in [6.45, 7) is 4.18. The van der Waals surface area contributed by atoms with Crippen molar-refractivity contribution in [3.05, 3.63) is 0 Å². The largest absolute Gasteiger partial charge is 0.469 e. The quantitative estimate of drug-likeness (QED) is 0.620. The van der Waals surface area contributed by atoms with Gasteiger partial charge in [0.2, 0.25) is 0 Å².